The number of carbonyl (C=O) groups is 1. The topological polar surface area (TPSA) is 66.3 Å². The summed E-state index contributed by atoms with van der Waals surface area (Å²) in [5.41, 5.74) is 2.90. The molecule has 3 heterocycles. The fraction of sp³-hybridized carbons (Fsp3) is 0.389. The number of piperidine rings is 1. The molecule has 5 heteroatoms. The van der Waals surface area contributed by atoms with Crippen LogP contribution in [-0.2, 0) is 6.42 Å². The van der Waals surface area contributed by atoms with E-state index < -0.39 is 5.97 Å². The van der Waals surface area contributed by atoms with Crippen LogP contribution in [0.3, 0.4) is 0 Å². The maximum absolute atomic E-state index is 11.0. The monoisotopic (exact) mass is 311 g/mol. The molecule has 0 aliphatic carbocycles. The van der Waals surface area contributed by atoms with Crippen molar-refractivity contribution >= 4 is 5.97 Å². The van der Waals surface area contributed by atoms with Crippen molar-refractivity contribution in [2.45, 2.75) is 19.3 Å². The molecule has 1 aliphatic heterocycles. The van der Waals surface area contributed by atoms with E-state index >= 15 is 0 Å². The van der Waals surface area contributed by atoms with Gasteiger partial charge in [0.1, 0.15) is 0 Å². The molecule has 0 saturated carbocycles. The Morgan fingerprint density at radius 1 is 1.35 bits per heavy atom. The highest BCUT2D eigenvalue weighted by molar-refractivity contribution is 5.88. The van der Waals surface area contributed by atoms with E-state index in [0.29, 0.717) is 5.92 Å². The zero-order valence-corrected chi connectivity index (χ0v) is 13.3. The molecular formula is C18H21N3O2. The highest BCUT2D eigenvalue weighted by atomic mass is 16.4. The number of hydrogen-bond donors (Lipinski definition) is 1. The minimum Gasteiger partial charge on any atom is -0.478 e. The second kappa shape index (κ2) is 6.87. The normalized spacial score (nSPS) is 18.7. The molecule has 0 bridgehead atoms. The van der Waals surface area contributed by atoms with Gasteiger partial charge >= 0.3 is 5.97 Å². The zero-order chi connectivity index (χ0) is 16.2. The van der Waals surface area contributed by atoms with Gasteiger partial charge in [0.25, 0.3) is 0 Å². The average Bonchev–Trinajstić information content (AvgIpc) is 2.56. The van der Waals surface area contributed by atoms with E-state index in [0.717, 1.165) is 24.2 Å². The van der Waals surface area contributed by atoms with Gasteiger partial charge in [0.05, 0.1) is 11.3 Å². The van der Waals surface area contributed by atoms with Gasteiger partial charge in [0, 0.05) is 30.7 Å². The van der Waals surface area contributed by atoms with Crippen molar-refractivity contribution in [1.29, 1.82) is 0 Å². The Balaban J connectivity index is 1.72. The summed E-state index contributed by atoms with van der Waals surface area (Å²) in [6.07, 6.45) is 8.48. The van der Waals surface area contributed by atoms with Crippen LogP contribution < -0.4 is 0 Å². The average molecular weight is 311 g/mol. The van der Waals surface area contributed by atoms with Gasteiger partial charge in [0.2, 0.25) is 0 Å². The highest BCUT2D eigenvalue weighted by Gasteiger charge is 2.17. The van der Waals surface area contributed by atoms with Gasteiger partial charge in [0.15, 0.2) is 0 Å². The Morgan fingerprint density at radius 3 is 2.91 bits per heavy atom. The molecule has 0 spiro atoms. The smallest absolute Gasteiger partial charge is 0.337 e. The van der Waals surface area contributed by atoms with Gasteiger partial charge in [-0.05, 0) is 56.5 Å². The second-order valence-electron chi connectivity index (χ2n) is 6.29. The molecule has 1 fully saturated rings. The molecular weight excluding hydrogens is 290 g/mol. The summed E-state index contributed by atoms with van der Waals surface area (Å²) < 4.78 is 0. The summed E-state index contributed by atoms with van der Waals surface area (Å²) in [6, 6.07) is 5.64. The highest BCUT2D eigenvalue weighted by Crippen LogP contribution is 2.22. The Bertz CT molecular complexity index is 685. The zero-order valence-electron chi connectivity index (χ0n) is 13.3. The summed E-state index contributed by atoms with van der Waals surface area (Å²) in [4.78, 5) is 21.9. The van der Waals surface area contributed by atoms with E-state index in [4.69, 9.17) is 5.11 Å². The number of rotatable bonds is 4. The lowest BCUT2D eigenvalue weighted by molar-refractivity contribution is 0.0696. The fourth-order valence-corrected chi connectivity index (χ4v) is 3.19. The third-order valence-electron chi connectivity index (χ3n) is 4.35. The van der Waals surface area contributed by atoms with E-state index in [9.17, 15) is 4.79 Å². The molecule has 23 heavy (non-hydrogen) atoms. The van der Waals surface area contributed by atoms with Gasteiger partial charge in [-0.3, -0.25) is 9.97 Å². The molecule has 2 aromatic heterocycles. The molecule has 120 valence electrons. The van der Waals surface area contributed by atoms with E-state index in [1.807, 2.05) is 12.3 Å². The third-order valence-corrected chi connectivity index (χ3v) is 4.35. The van der Waals surface area contributed by atoms with Gasteiger partial charge in [-0.1, -0.05) is 6.07 Å². The first-order chi connectivity index (χ1) is 11.1. The summed E-state index contributed by atoms with van der Waals surface area (Å²) in [7, 11) is 2.18. The first-order valence-electron chi connectivity index (χ1n) is 7.94. The number of hydrogen-bond acceptors (Lipinski definition) is 4. The summed E-state index contributed by atoms with van der Waals surface area (Å²) in [6.45, 7) is 2.34. The molecule has 2 aromatic rings. The van der Waals surface area contributed by atoms with Crippen LogP contribution >= 0.6 is 0 Å². The van der Waals surface area contributed by atoms with Gasteiger partial charge in [-0.25, -0.2) is 4.79 Å². The summed E-state index contributed by atoms with van der Waals surface area (Å²) in [5.74, 6) is -0.282. The van der Waals surface area contributed by atoms with Crippen molar-refractivity contribution < 1.29 is 9.90 Å². The number of aromatic nitrogens is 2. The molecule has 5 nitrogen and oxygen atoms in total. The van der Waals surface area contributed by atoms with Gasteiger partial charge in [-0.15, -0.1) is 0 Å². The summed E-state index contributed by atoms with van der Waals surface area (Å²) >= 11 is 0. The SMILES string of the molecule is CN1CCCC(Cc2ccc(-c3cncc(C(=O)O)c3)nc2)C1. The largest absolute Gasteiger partial charge is 0.478 e. The first-order valence-corrected chi connectivity index (χ1v) is 7.94. The molecule has 3 rings (SSSR count). The predicted octanol–water partition coefficient (Wildman–Crippen LogP) is 2.73. The van der Waals surface area contributed by atoms with E-state index in [-0.39, 0.29) is 5.56 Å². The van der Waals surface area contributed by atoms with Crippen LogP contribution in [0.15, 0.2) is 36.8 Å². The second-order valence-corrected chi connectivity index (χ2v) is 6.29. The molecule has 0 radical (unpaired) electrons. The Morgan fingerprint density at radius 2 is 2.22 bits per heavy atom. The van der Waals surface area contributed by atoms with Gasteiger partial charge in [-0.2, -0.15) is 0 Å². The third kappa shape index (κ3) is 3.93. The first kappa shape index (κ1) is 15.6. The lowest BCUT2D eigenvalue weighted by Gasteiger charge is -2.29. The van der Waals surface area contributed by atoms with Crippen LogP contribution in [0.1, 0.15) is 28.8 Å². The van der Waals surface area contributed by atoms with Crippen LogP contribution in [0.25, 0.3) is 11.3 Å². The van der Waals surface area contributed by atoms with Crippen molar-refractivity contribution in [3.8, 4) is 11.3 Å². The Hall–Kier alpha value is -2.27. The maximum Gasteiger partial charge on any atom is 0.337 e. The Labute approximate surface area is 136 Å². The van der Waals surface area contributed by atoms with Crippen molar-refractivity contribution in [1.82, 2.24) is 14.9 Å². The summed E-state index contributed by atoms with van der Waals surface area (Å²) in [5, 5.41) is 9.04. The number of carboxylic acid groups (broad SMARTS) is 1. The Kier molecular flexibility index (Phi) is 4.67. The van der Waals surface area contributed by atoms with Crippen molar-refractivity contribution in [3.05, 3.63) is 47.9 Å². The number of aromatic carboxylic acids is 1. The van der Waals surface area contributed by atoms with Crippen molar-refractivity contribution in [2.24, 2.45) is 5.92 Å². The lowest BCUT2D eigenvalue weighted by Crippen LogP contribution is -2.32. The molecule has 1 unspecified atom stereocenters. The minimum absolute atomic E-state index is 0.179. The molecule has 0 amide bonds. The van der Waals surface area contributed by atoms with Crippen LogP contribution in [0.5, 0.6) is 0 Å². The van der Waals surface area contributed by atoms with Crippen LogP contribution in [0.4, 0.5) is 0 Å². The molecule has 1 aliphatic rings. The van der Waals surface area contributed by atoms with Gasteiger partial charge < -0.3 is 10.0 Å². The fourth-order valence-electron chi connectivity index (χ4n) is 3.19. The van der Waals surface area contributed by atoms with E-state index in [1.54, 1.807) is 12.3 Å². The van der Waals surface area contributed by atoms with Crippen molar-refractivity contribution in [3.63, 3.8) is 0 Å². The number of carboxylic acids is 1. The maximum atomic E-state index is 11.0. The van der Waals surface area contributed by atoms with E-state index in [1.165, 1.54) is 31.1 Å². The standard InChI is InChI=1S/C18H21N3O2/c1-21-6-2-3-14(12-21)7-13-4-5-17(20-9-13)15-8-16(18(22)23)11-19-10-15/h4-5,8-11,14H,2-3,6-7,12H2,1H3,(H,22,23). The number of nitrogens with zero attached hydrogens (tertiary/aromatic N) is 3. The molecule has 0 aromatic carbocycles. The van der Waals surface area contributed by atoms with E-state index in [2.05, 4.69) is 28.0 Å². The molecule has 1 saturated heterocycles. The molecule has 1 N–H and O–H groups in total. The van der Waals surface area contributed by atoms with Crippen LogP contribution in [0, 0.1) is 5.92 Å². The van der Waals surface area contributed by atoms with Crippen LogP contribution in [-0.4, -0.2) is 46.1 Å². The number of likely N-dealkylation sites (tertiary alicyclic amines) is 1. The van der Waals surface area contributed by atoms with Crippen molar-refractivity contribution in [2.75, 3.05) is 20.1 Å². The molecule has 1 atom stereocenters. The lowest BCUT2D eigenvalue weighted by atomic mass is 9.92. The number of pyridine rings is 2. The van der Waals surface area contributed by atoms with Crippen LogP contribution in [0.2, 0.25) is 0 Å². The quantitative estimate of drug-likeness (QED) is 0.940. The predicted molar refractivity (Wildman–Crippen MR) is 88.4 cm³/mol. The minimum atomic E-state index is -0.975.